The second-order valence-electron chi connectivity index (χ2n) is 7.05. The predicted octanol–water partition coefficient (Wildman–Crippen LogP) is 3.02. The maximum Gasteiger partial charge on any atom is 0.273 e. The van der Waals surface area contributed by atoms with Gasteiger partial charge in [0.05, 0.1) is 10.6 Å². The van der Waals surface area contributed by atoms with Gasteiger partial charge in [0.25, 0.3) is 11.8 Å². The zero-order chi connectivity index (χ0) is 21.0. The molecule has 1 aliphatic rings. The molecule has 29 heavy (non-hydrogen) atoms. The van der Waals surface area contributed by atoms with E-state index in [1.54, 1.807) is 17.5 Å². The minimum atomic E-state index is -0.394. The molecule has 0 bridgehead atoms. The van der Waals surface area contributed by atoms with Gasteiger partial charge in [0, 0.05) is 49.7 Å². The summed E-state index contributed by atoms with van der Waals surface area (Å²) in [5.41, 5.74) is 0.641. The summed E-state index contributed by atoms with van der Waals surface area (Å²) in [5, 5.41) is 5.42. The number of carbonyl (C=O) groups excluding carboxylic acids is 2. The molecule has 1 aliphatic heterocycles. The molecule has 0 aliphatic carbocycles. The summed E-state index contributed by atoms with van der Waals surface area (Å²) in [6, 6.07) is 4.65. The van der Waals surface area contributed by atoms with E-state index < -0.39 is 5.91 Å². The highest BCUT2D eigenvalue weighted by Gasteiger charge is 2.24. The van der Waals surface area contributed by atoms with Gasteiger partial charge in [0.2, 0.25) is 0 Å². The fraction of sp³-hybridized carbons (Fsp3) is 0.421. The van der Waals surface area contributed by atoms with Crippen molar-refractivity contribution in [3.8, 4) is 0 Å². The van der Waals surface area contributed by atoms with Crippen molar-refractivity contribution in [1.82, 2.24) is 19.7 Å². The monoisotopic (exact) mass is 455 g/mol. The molecule has 0 atom stereocenters. The van der Waals surface area contributed by atoms with Crippen molar-refractivity contribution in [3.63, 3.8) is 0 Å². The summed E-state index contributed by atoms with van der Waals surface area (Å²) in [4.78, 5) is 35.7. The number of carbonyl (C=O) groups is 2. The van der Waals surface area contributed by atoms with Crippen molar-refractivity contribution in [2.45, 2.75) is 0 Å². The van der Waals surface area contributed by atoms with Crippen LogP contribution in [-0.2, 0) is 0 Å². The van der Waals surface area contributed by atoms with Gasteiger partial charge in [-0.1, -0.05) is 23.2 Å². The number of aromatic nitrogens is 1. The van der Waals surface area contributed by atoms with E-state index in [4.69, 9.17) is 23.2 Å². The van der Waals surface area contributed by atoms with Crippen LogP contribution in [0, 0.1) is 0 Å². The molecule has 1 aromatic carbocycles. The van der Waals surface area contributed by atoms with E-state index in [9.17, 15) is 9.59 Å². The van der Waals surface area contributed by atoms with Crippen LogP contribution in [0.4, 0.5) is 5.13 Å². The zero-order valence-corrected chi connectivity index (χ0v) is 18.6. The summed E-state index contributed by atoms with van der Waals surface area (Å²) >= 11 is 13.1. The van der Waals surface area contributed by atoms with E-state index in [1.165, 1.54) is 17.4 Å². The highest BCUT2D eigenvalue weighted by molar-refractivity contribution is 7.14. The molecule has 3 rings (SSSR count). The lowest BCUT2D eigenvalue weighted by Gasteiger charge is -2.34. The van der Waals surface area contributed by atoms with E-state index in [0.717, 1.165) is 26.2 Å². The molecule has 1 N–H and O–H groups in total. The quantitative estimate of drug-likeness (QED) is 0.724. The van der Waals surface area contributed by atoms with Crippen LogP contribution in [0.25, 0.3) is 0 Å². The van der Waals surface area contributed by atoms with Gasteiger partial charge in [0.1, 0.15) is 5.69 Å². The molecule has 0 unspecified atom stereocenters. The molecule has 0 radical (unpaired) electrons. The number of likely N-dealkylation sites (N-methyl/N-ethyl adjacent to an activating group) is 1. The van der Waals surface area contributed by atoms with Crippen molar-refractivity contribution in [3.05, 3.63) is 44.9 Å². The van der Waals surface area contributed by atoms with Gasteiger partial charge in [-0.05, 0) is 32.3 Å². The number of anilines is 1. The number of hydrogen-bond acceptors (Lipinski definition) is 6. The number of piperazine rings is 1. The number of hydrogen-bond donors (Lipinski definition) is 1. The van der Waals surface area contributed by atoms with E-state index in [1.807, 2.05) is 4.90 Å². The van der Waals surface area contributed by atoms with Crippen LogP contribution in [0.15, 0.2) is 23.6 Å². The lowest BCUT2D eigenvalue weighted by molar-refractivity contribution is 0.0624. The first kappa shape index (κ1) is 22.0. The maximum atomic E-state index is 12.7. The summed E-state index contributed by atoms with van der Waals surface area (Å²) < 4.78 is 0. The molecule has 0 saturated carbocycles. The van der Waals surface area contributed by atoms with Crippen molar-refractivity contribution in [2.24, 2.45) is 0 Å². The fourth-order valence-corrected chi connectivity index (χ4v) is 4.12. The number of nitrogens with one attached hydrogen (secondary N) is 1. The van der Waals surface area contributed by atoms with Gasteiger partial charge in [0.15, 0.2) is 5.13 Å². The molecule has 2 amide bonds. The third-order valence-electron chi connectivity index (χ3n) is 4.64. The van der Waals surface area contributed by atoms with Crippen molar-refractivity contribution in [2.75, 3.05) is 58.7 Å². The molecular formula is C19H23Cl2N5O2S. The minimum absolute atomic E-state index is 0.112. The number of rotatable bonds is 6. The largest absolute Gasteiger partial charge is 0.335 e. The molecule has 2 aromatic rings. The van der Waals surface area contributed by atoms with Gasteiger partial charge in [-0.2, -0.15) is 0 Å². The Hall–Kier alpha value is -1.71. The van der Waals surface area contributed by atoms with Gasteiger partial charge in [-0.25, -0.2) is 4.98 Å². The molecule has 2 heterocycles. The summed E-state index contributed by atoms with van der Waals surface area (Å²) in [6.45, 7) is 5.04. The van der Waals surface area contributed by atoms with Crippen LogP contribution < -0.4 is 5.32 Å². The third kappa shape index (κ3) is 5.90. The zero-order valence-electron chi connectivity index (χ0n) is 16.3. The number of halogens is 2. The SMILES string of the molecule is CN(C)CCN1CCN(C(=O)c2csc(NC(=O)c3ccc(Cl)cc3Cl)n2)CC1. The lowest BCUT2D eigenvalue weighted by Crippen LogP contribution is -2.50. The number of benzene rings is 1. The molecule has 1 saturated heterocycles. The maximum absolute atomic E-state index is 12.7. The Bertz CT molecular complexity index is 881. The van der Waals surface area contributed by atoms with Crippen LogP contribution in [0.5, 0.6) is 0 Å². The number of nitrogens with zero attached hydrogens (tertiary/aromatic N) is 4. The first-order valence-corrected chi connectivity index (χ1v) is 10.9. The molecule has 10 heteroatoms. The summed E-state index contributed by atoms with van der Waals surface area (Å²) in [6.07, 6.45) is 0. The average Bonchev–Trinajstić information content (AvgIpc) is 3.14. The van der Waals surface area contributed by atoms with E-state index in [2.05, 4.69) is 34.2 Å². The van der Waals surface area contributed by atoms with Crippen LogP contribution >= 0.6 is 34.5 Å². The van der Waals surface area contributed by atoms with Crippen LogP contribution in [-0.4, -0.2) is 84.9 Å². The van der Waals surface area contributed by atoms with Crippen LogP contribution in [0.2, 0.25) is 10.0 Å². The molecule has 1 fully saturated rings. The summed E-state index contributed by atoms with van der Waals surface area (Å²) in [5.74, 6) is -0.506. The van der Waals surface area contributed by atoms with E-state index in [-0.39, 0.29) is 10.9 Å². The van der Waals surface area contributed by atoms with E-state index in [0.29, 0.717) is 34.5 Å². The summed E-state index contributed by atoms with van der Waals surface area (Å²) in [7, 11) is 4.11. The van der Waals surface area contributed by atoms with Crippen LogP contribution in [0.1, 0.15) is 20.8 Å². The second-order valence-corrected chi connectivity index (χ2v) is 8.76. The Morgan fingerprint density at radius 1 is 1.21 bits per heavy atom. The average molecular weight is 456 g/mol. The fourth-order valence-electron chi connectivity index (χ4n) is 2.95. The van der Waals surface area contributed by atoms with Gasteiger partial charge < -0.3 is 9.80 Å². The standard InChI is InChI=1S/C19H23Cl2N5O2S/c1-24(2)5-6-25-7-9-26(10-8-25)18(28)16-12-29-19(22-16)23-17(27)14-4-3-13(20)11-15(14)21/h3-4,11-12H,5-10H2,1-2H3,(H,22,23,27). The Balaban J connectivity index is 1.56. The second kappa shape index (κ2) is 9.86. The number of amides is 2. The van der Waals surface area contributed by atoms with Crippen molar-refractivity contribution < 1.29 is 9.59 Å². The Kier molecular flexibility index (Phi) is 7.48. The molecular weight excluding hydrogens is 433 g/mol. The number of thiazole rings is 1. The van der Waals surface area contributed by atoms with Gasteiger partial charge in [-0.15, -0.1) is 11.3 Å². The highest BCUT2D eigenvalue weighted by Crippen LogP contribution is 2.23. The Morgan fingerprint density at radius 3 is 2.59 bits per heavy atom. The lowest BCUT2D eigenvalue weighted by atomic mass is 10.2. The normalized spacial score (nSPS) is 15.0. The van der Waals surface area contributed by atoms with Crippen molar-refractivity contribution >= 4 is 51.5 Å². The van der Waals surface area contributed by atoms with E-state index >= 15 is 0 Å². The Morgan fingerprint density at radius 2 is 1.93 bits per heavy atom. The smallest absolute Gasteiger partial charge is 0.273 e. The van der Waals surface area contributed by atoms with Crippen molar-refractivity contribution in [1.29, 1.82) is 0 Å². The topological polar surface area (TPSA) is 68.8 Å². The Labute approximate surface area is 184 Å². The highest BCUT2D eigenvalue weighted by atomic mass is 35.5. The first-order chi connectivity index (χ1) is 13.8. The third-order valence-corrected chi connectivity index (χ3v) is 5.95. The minimum Gasteiger partial charge on any atom is -0.335 e. The van der Waals surface area contributed by atoms with Gasteiger partial charge >= 0.3 is 0 Å². The molecule has 0 spiro atoms. The first-order valence-electron chi connectivity index (χ1n) is 9.22. The predicted molar refractivity (Wildman–Crippen MR) is 117 cm³/mol. The molecule has 7 nitrogen and oxygen atoms in total. The van der Waals surface area contributed by atoms with Crippen LogP contribution in [0.3, 0.4) is 0 Å². The molecule has 156 valence electrons. The van der Waals surface area contributed by atoms with Gasteiger partial charge in [-0.3, -0.25) is 19.8 Å². The molecule has 1 aromatic heterocycles.